The molecule has 0 aromatic carbocycles. The van der Waals surface area contributed by atoms with Crippen molar-refractivity contribution >= 4 is 5.97 Å². The molecule has 1 unspecified atom stereocenters. The molecule has 2 N–H and O–H groups in total. The molecular weight excluding hydrogens is 182 g/mol. The van der Waals surface area contributed by atoms with Crippen molar-refractivity contribution in [2.24, 2.45) is 0 Å². The van der Waals surface area contributed by atoms with Crippen molar-refractivity contribution < 1.29 is 9.53 Å². The number of carbonyl (C=O) groups excluding carboxylic acids is 1. The summed E-state index contributed by atoms with van der Waals surface area (Å²) in [6.07, 6.45) is 8.66. The van der Waals surface area contributed by atoms with Gasteiger partial charge in [-0.1, -0.05) is 6.42 Å². The van der Waals surface area contributed by atoms with E-state index >= 15 is 0 Å². The quantitative estimate of drug-likeness (QED) is 0.390. The number of hydrogen-bond acceptors (Lipinski definition) is 4. The molecule has 0 aliphatic heterocycles. The van der Waals surface area contributed by atoms with Crippen LogP contribution in [0.4, 0.5) is 0 Å². The molecule has 0 fully saturated rings. The number of esters is 1. The Balaban J connectivity index is 2.61. The number of aromatic nitrogens is 2. The van der Waals surface area contributed by atoms with Crippen LogP contribution in [0.15, 0.2) is 12.5 Å². The van der Waals surface area contributed by atoms with Crippen LogP contribution in [0.1, 0.15) is 5.69 Å². The summed E-state index contributed by atoms with van der Waals surface area (Å²) in [5.74, 6) is -0.391. The predicted octanol–water partition coefficient (Wildman–Crippen LogP) is -0.326. The number of aromatic amines is 1. The van der Waals surface area contributed by atoms with Gasteiger partial charge in [-0.25, -0.2) is 9.78 Å². The minimum absolute atomic E-state index is 0.391. The Kier molecular flexibility index (Phi) is 3.56. The molecule has 1 heterocycles. The van der Waals surface area contributed by atoms with E-state index in [4.69, 9.17) is 6.42 Å². The van der Waals surface area contributed by atoms with Gasteiger partial charge in [-0.2, -0.15) is 0 Å². The first kappa shape index (κ1) is 10.1. The summed E-state index contributed by atoms with van der Waals surface area (Å²) in [7, 11) is 1.32. The van der Waals surface area contributed by atoms with Gasteiger partial charge in [0.2, 0.25) is 0 Å². The molecule has 5 nitrogen and oxygen atoms in total. The van der Waals surface area contributed by atoms with Crippen molar-refractivity contribution in [2.45, 2.75) is 12.5 Å². The maximum atomic E-state index is 11.2. The van der Waals surface area contributed by atoms with Crippen molar-refractivity contribution in [2.75, 3.05) is 7.11 Å². The SMILES string of the molecule is C#CNC(Cc1cnc[nH]1)C(=O)OC. The molecule has 74 valence electrons. The lowest BCUT2D eigenvalue weighted by Crippen LogP contribution is -2.36. The van der Waals surface area contributed by atoms with Gasteiger partial charge in [-0.15, -0.1) is 0 Å². The summed E-state index contributed by atoms with van der Waals surface area (Å²) in [5.41, 5.74) is 0.822. The molecule has 0 amide bonds. The van der Waals surface area contributed by atoms with Crippen LogP contribution in [0.2, 0.25) is 0 Å². The van der Waals surface area contributed by atoms with E-state index < -0.39 is 12.0 Å². The zero-order chi connectivity index (χ0) is 10.4. The Labute approximate surface area is 81.9 Å². The number of H-pyrrole nitrogens is 1. The number of terminal acetylenes is 1. The third kappa shape index (κ3) is 2.52. The summed E-state index contributed by atoms with van der Waals surface area (Å²) in [6.45, 7) is 0. The van der Waals surface area contributed by atoms with Gasteiger partial charge < -0.3 is 15.0 Å². The lowest BCUT2D eigenvalue weighted by Gasteiger charge is -2.11. The molecule has 1 aromatic rings. The lowest BCUT2D eigenvalue weighted by atomic mass is 10.2. The lowest BCUT2D eigenvalue weighted by molar-refractivity contribution is -0.142. The van der Waals surface area contributed by atoms with E-state index in [-0.39, 0.29) is 0 Å². The highest BCUT2D eigenvalue weighted by Gasteiger charge is 2.18. The molecule has 0 bridgehead atoms. The van der Waals surface area contributed by atoms with Crippen LogP contribution in [0, 0.1) is 12.5 Å². The van der Waals surface area contributed by atoms with Crippen LogP contribution >= 0.6 is 0 Å². The Morgan fingerprint density at radius 3 is 3.21 bits per heavy atom. The Hall–Kier alpha value is -1.96. The van der Waals surface area contributed by atoms with Gasteiger partial charge in [0.1, 0.15) is 6.04 Å². The fourth-order valence-corrected chi connectivity index (χ4v) is 1.05. The van der Waals surface area contributed by atoms with Crippen molar-refractivity contribution in [3.05, 3.63) is 18.2 Å². The molecular formula is C9H11N3O2. The van der Waals surface area contributed by atoms with E-state index in [9.17, 15) is 4.79 Å². The van der Waals surface area contributed by atoms with E-state index in [1.165, 1.54) is 7.11 Å². The standard InChI is InChI=1S/C9H11N3O2/c1-3-11-8(9(13)14-2)4-7-5-10-6-12-7/h1,5-6,8,11H,4H2,2H3,(H,10,12). The number of hydrogen-bond donors (Lipinski definition) is 2. The molecule has 5 heteroatoms. The van der Waals surface area contributed by atoms with Gasteiger partial charge in [-0.05, 0) is 0 Å². The highest BCUT2D eigenvalue weighted by molar-refractivity contribution is 5.76. The molecule has 0 saturated heterocycles. The average molecular weight is 193 g/mol. The molecule has 14 heavy (non-hydrogen) atoms. The topological polar surface area (TPSA) is 67.0 Å². The maximum absolute atomic E-state index is 11.2. The zero-order valence-electron chi connectivity index (χ0n) is 7.78. The zero-order valence-corrected chi connectivity index (χ0v) is 7.78. The molecule has 0 spiro atoms. The van der Waals surface area contributed by atoms with E-state index in [1.807, 2.05) is 0 Å². The Morgan fingerprint density at radius 1 is 1.93 bits per heavy atom. The second-order valence-electron chi connectivity index (χ2n) is 2.65. The Morgan fingerprint density at radius 2 is 2.71 bits per heavy atom. The van der Waals surface area contributed by atoms with Gasteiger partial charge in [0.25, 0.3) is 0 Å². The number of methoxy groups -OCH3 is 1. The summed E-state index contributed by atoms with van der Waals surface area (Å²) < 4.78 is 4.58. The van der Waals surface area contributed by atoms with Crippen LogP contribution < -0.4 is 5.32 Å². The number of rotatable bonds is 4. The summed E-state index contributed by atoms with van der Waals surface area (Å²) in [6, 6.07) is 1.67. The third-order valence-electron chi connectivity index (χ3n) is 1.72. The van der Waals surface area contributed by atoms with E-state index in [2.05, 4.69) is 26.1 Å². The smallest absolute Gasteiger partial charge is 0.329 e. The first-order valence-electron chi connectivity index (χ1n) is 4.04. The third-order valence-corrected chi connectivity index (χ3v) is 1.72. The second kappa shape index (κ2) is 4.92. The minimum Gasteiger partial charge on any atom is -0.467 e. The van der Waals surface area contributed by atoms with Gasteiger partial charge in [0.05, 0.1) is 13.4 Å². The molecule has 1 atom stereocenters. The van der Waals surface area contributed by atoms with E-state index in [1.54, 1.807) is 12.5 Å². The molecule has 0 aliphatic carbocycles. The average Bonchev–Trinajstić information content (AvgIpc) is 2.68. The van der Waals surface area contributed by atoms with Gasteiger partial charge in [0.15, 0.2) is 0 Å². The highest BCUT2D eigenvalue weighted by atomic mass is 16.5. The number of ether oxygens (including phenoxy) is 1. The van der Waals surface area contributed by atoms with Gasteiger partial charge in [0, 0.05) is 24.4 Å². The van der Waals surface area contributed by atoms with Crippen molar-refractivity contribution in [3.8, 4) is 12.5 Å². The monoisotopic (exact) mass is 193 g/mol. The van der Waals surface area contributed by atoms with Crippen molar-refractivity contribution in [3.63, 3.8) is 0 Å². The molecule has 1 aromatic heterocycles. The van der Waals surface area contributed by atoms with E-state index in [0.29, 0.717) is 6.42 Å². The summed E-state index contributed by atoms with van der Waals surface area (Å²) >= 11 is 0. The van der Waals surface area contributed by atoms with Crippen LogP contribution in [0.25, 0.3) is 0 Å². The highest BCUT2D eigenvalue weighted by Crippen LogP contribution is 1.99. The number of nitrogens with zero attached hydrogens (tertiary/aromatic N) is 1. The number of carbonyl (C=O) groups is 1. The maximum Gasteiger partial charge on any atom is 0.329 e. The van der Waals surface area contributed by atoms with Gasteiger partial charge in [-0.3, -0.25) is 0 Å². The van der Waals surface area contributed by atoms with Gasteiger partial charge >= 0.3 is 5.97 Å². The van der Waals surface area contributed by atoms with Crippen molar-refractivity contribution in [1.82, 2.24) is 15.3 Å². The van der Waals surface area contributed by atoms with E-state index in [0.717, 1.165) is 5.69 Å². The summed E-state index contributed by atoms with van der Waals surface area (Å²) in [4.78, 5) is 17.9. The van der Waals surface area contributed by atoms with Crippen LogP contribution in [0.3, 0.4) is 0 Å². The minimum atomic E-state index is -0.537. The molecule has 0 saturated carbocycles. The number of nitrogens with one attached hydrogen (secondary N) is 2. The molecule has 0 radical (unpaired) electrons. The molecule has 1 rings (SSSR count). The van der Waals surface area contributed by atoms with Crippen LogP contribution in [-0.4, -0.2) is 29.1 Å². The predicted molar refractivity (Wildman–Crippen MR) is 50.1 cm³/mol. The van der Waals surface area contributed by atoms with Crippen LogP contribution in [0.5, 0.6) is 0 Å². The fraction of sp³-hybridized carbons (Fsp3) is 0.333. The Bertz CT molecular complexity index is 326. The largest absolute Gasteiger partial charge is 0.467 e. The second-order valence-corrected chi connectivity index (χ2v) is 2.65. The molecule has 0 aliphatic rings. The first-order chi connectivity index (χ1) is 6.77. The normalized spacial score (nSPS) is 11.4. The number of imidazole rings is 1. The van der Waals surface area contributed by atoms with Crippen LogP contribution in [-0.2, 0) is 16.0 Å². The van der Waals surface area contributed by atoms with Crippen molar-refractivity contribution in [1.29, 1.82) is 0 Å². The first-order valence-corrected chi connectivity index (χ1v) is 4.04. The summed E-state index contributed by atoms with van der Waals surface area (Å²) in [5, 5.41) is 2.58. The fourth-order valence-electron chi connectivity index (χ4n) is 1.05.